The Bertz CT molecular complexity index is 681. The molecule has 1 amide bonds. The summed E-state index contributed by atoms with van der Waals surface area (Å²) in [4.78, 5) is 19.1. The molecule has 2 bridgehead atoms. The van der Waals surface area contributed by atoms with Gasteiger partial charge in [0.25, 0.3) is 5.91 Å². The number of carbonyl (C=O) groups excluding carboxylic acids is 1. The minimum Gasteiger partial charge on any atom is -0.329 e. The molecule has 3 atom stereocenters. The lowest BCUT2D eigenvalue weighted by molar-refractivity contribution is 0.0631. The molecule has 2 saturated heterocycles. The van der Waals surface area contributed by atoms with Gasteiger partial charge in [0, 0.05) is 36.4 Å². The number of nitrogens with one attached hydrogen (secondary N) is 1. The number of likely N-dealkylation sites (tertiary alicyclic amines) is 1. The number of benzene rings is 1. The molecule has 22 heavy (non-hydrogen) atoms. The van der Waals surface area contributed by atoms with E-state index in [-0.39, 0.29) is 11.9 Å². The van der Waals surface area contributed by atoms with E-state index in [4.69, 9.17) is 0 Å². The van der Waals surface area contributed by atoms with E-state index < -0.39 is 0 Å². The largest absolute Gasteiger partial charge is 0.329 e. The number of hydrogen-bond donors (Lipinski definition) is 1. The predicted octanol–water partition coefficient (Wildman–Crippen LogP) is 2.32. The summed E-state index contributed by atoms with van der Waals surface area (Å²) in [5, 5.41) is 3.46. The van der Waals surface area contributed by atoms with Crippen molar-refractivity contribution in [2.45, 2.75) is 31.5 Å². The lowest BCUT2D eigenvalue weighted by Gasteiger charge is -2.33. The summed E-state index contributed by atoms with van der Waals surface area (Å²) in [5.41, 5.74) is 2.70. The molecule has 0 saturated carbocycles. The lowest BCUT2D eigenvalue weighted by Crippen LogP contribution is -2.52. The van der Waals surface area contributed by atoms with Crippen LogP contribution in [0.3, 0.4) is 0 Å². The number of rotatable bonds is 2. The summed E-state index contributed by atoms with van der Waals surface area (Å²) in [6.45, 7) is 3.02. The Morgan fingerprint density at radius 3 is 2.64 bits per heavy atom. The molecule has 2 aliphatic rings. The minimum absolute atomic E-state index is 0.0566. The van der Waals surface area contributed by atoms with Crippen molar-refractivity contribution in [2.24, 2.45) is 0 Å². The van der Waals surface area contributed by atoms with Gasteiger partial charge in [0.15, 0.2) is 0 Å². The van der Waals surface area contributed by atoms with Gasteiger partial charge in [-0.15, -0.1) is 0 Å². The van der Waals surface area contributed by atoms with Gasteiger partial charge in [0.1, 0.15) is 5.69 Å². The summed E-state index contributed by atoms with van der Waals surface area (Å²) in [7, 11) is 0. The van der Waals surface area contributed by atoms with E-state index in [1.807, 2.05) is 47.4 Å². The minimum atomic E-state index is 0.0566. The number of carbonyl (C=O) groups is 1. The summed E-state index contributed by atoms with van der Waals surface area (Å²) in [5.74, 6) is 0.0566. The third-order valence-electron chi connectivity index (χ3n) is 4.88. The van der Waals surface area contributed by atoms with E-state index >= 15 is 0 Å². The Labute approximate surface area is 130 Å². The Morgan fingerprint density at radius 1 is 1.18 bits per heavy atom. The van der Waals surface area contributed by atoms with E-state index in [1.54, 1.807) is 6.20 Å². The molecule has 3 heterocycles. The van der Waals surface area contributed by atoms with Crippen LogP contribution in [0.2, 0.25) is 0 Å². The summed E-state index contributed by atoms with van der Waals surface area (Å²) in [6.07, 6.45) is 2.86. The molecule has 2 aliphatic heterocycles. The number of aromatic nitrogens is 1. The summed E-state index contributed by atoms with van der Waals surface area (Å²) in [6, 6.07) is 14.9. The van der Waals surface area contributed by atoms with Gasteiger partial charge in [-0.2, -0.15) is 0 Å². The van der Waals surface area contributed by atoms with Crippen molar-refractivity contribution in [3.63, 3.8) is 0 Å². The van der Waals surface area contributed by atoms with Crippen LogP contribution < -0.4 is 5.32 Å². The quantitative estimate of drug-likeness (QED) is 0.924. The zero-order chi connectivity index (χ0) is 15.1. The standard InChI is InChI=1S/C18H19N3O/c1-12-17-9-15(11-20-17)21(12)18(22)16-8-7-14(10-19-16)13-5-3-2-4-6-13/h2-8,10,12,15,17,20H,9,11H2,1H3/t12-,15-,17?/m0/s1. The first-order valence-electron chi connectivity index (χ1n) is 7.81. The Balaban J connectivity index is 1.57. The second-order valence-corrected chi connectivity index (χ2v) is 6.16. The fourth-order valence-electron chi connectivity index (χ4n) is 3.66. The van der Waals surface area contributed by atoms with Crippen LogP contribution in [-0.4, -0.2) is 40.5 Å². The van der Waals surface area contributed by atoms with Gasteiger partial charge in [-0.25, -0.2) is 0 Å². The second-order valence-electron chi connectivity index (χ2n) is 6.16. The van der Waals surface area contributed by atoms with Gasteiger partial charge >= 0.3 is 0 Å². The molecule has 0 spiro atoms. The molecule has 1 aromatic carbocycles. The Kier molecular flexibility index (Phi) is 3.19. The molecule has 2 fully saturated rings. The second kappa shape index (κ2) is 5.21. The van der Waals surface area contributed by atoms with Crippen LogP contribution >= 0.6 is 0 Å². The van der Waals surface area contributed by atoms with Crippen LogP contribution in [0.25, 0.3) is 11.1 Å². The molecule has 1 aromatic heterocycles. The first-order valence-corrected chi connectivity index (χ1v) is 7.81. The van der Waals surface area contributed by atoms with E-state index in [0.29, 0.717) is 17.8 Å². The van der Waals surface area contributed by atoms with E-state index in [1.165, 1.54) is 0 Å². The normalized spacial score (nSPS) is 26.4. The highest BCUT2D eigenvalue weighted by atomic mass is 16.2. The van der Waals surface area contributed by atoms with Crippen molar-refractivity contribution in [1.82, 2.24) is 15.2 Å². The van der Waals surface area contributed by atoms with E-state index in [2.05, 4.69) is 17.2 Å². The van der Waals surface area contributed by atoms with Gasteiger partial charge in [-0.05, 0) is 25.0 Å². The molecule has 1 unspecified atom stereocenters. The molecule has 2 aromatic rings. The zero-order valence-corrected chi connectivity index (χ0v) is 12.6. The van der Waals surface area contributed by atoms with Gasteiger partial charge in [0.05, 0.1) is 0 Å². The maximum absolute atomic E-state index is 12.7. The first-order chi connectivity index (χ1) is 10.7. The predicted molar refractivity (Wildman–Crippen MR) is 85.5 cm³/mol. The monoisotopic (exact) mass is 293 g/mol. The molecule has 4 rings (SSSR count). The number of hydrogen-bond acceptors (Lipinski definition) is 3. The molecule has 1 N–H and O–H groups in total. The van der Waals surface area contributed by atoms with Crippen LogP contribution in [0.4, 0.5) is 0 Å². The highest BCUT2D eigenvalue weighted by Crippen LogP contribution is 2.30. The highest BCUT2D eigenvalue weighted by molar-refractivity contribution is 5.93. The molecular formula is C18H19N3O. The fraction of sp³-hybridized carbons (Fsp3) is 0.333. The lowest BCUT2D eigenvalue weighted by atomic mass is 10.1. The van der Waals surface area contributed by atoms with Gasteiger partial charge in [0.2, 0.25) is 0 Å². The molecule has 0 aliphatic carbocycles. The molecule has 0 radical (unpaired) electrons. The average Bonchev–Trinajstić information content (AvgIpc) is 3.16. The SMILES string of the molecule is C[C@H]1C2C[C@@H](CN2)N1C(=O)c1ccc(-c2ccccc2)cn1. The molecular weight excluding hydrogens is 274 g/mol. The van der Waals surface area contributed by atoms with Crippen molar-refractivity contribution in [3.05, 3.63) is 54.4 Å². The summed E-state index contributed by atoms with van der Waals surface area (Å²) >= 11 is 0. The maximum Gasteiger partial charge on any atom is 0.273 e. The van der Waals surface area contributed by atoms with Crippen molar-refractivity contribution in [2.75, 3.05) is 6.54 Å². The average molecular weight is 293 g/mol. The number of piperazine rings is 1. The first kappa shape index (κ1) is 13.5. The van der Waals surface area contributed by atoms with E-state index in [9.17, 15) is 4.79 Å². The van der Waals surface area contributed by atoms with Crippen LogP contribution in [0.15, 0.2) is 48.7 Å². The number of pyridine rings is 1. The zero-order valence-electron chi connectivity index (χ0n) is 12.6. The maximum atomic E-state index is 12.7. The Hall–Kier alpha value is -2.20. The van der Waals surface area contributed by atoms with Gasteiger partial charge in [-0.1, -0.05) is 36.4 Å². The van der Waals surface area contributed by atoms with Crippen molar-refractivity contribution >= 4 is 5.91 Å². The summed E-state index contributed by atoms with van der Waals surface area (Å²) < 4.78 is 0. The number of amides is 1. The molecule has 4 nitrogen and oxygen atoms in total. The van der Waals surface area contributed by atoms with Gasteiger partial charge in [-0.3, -0.25) is 9.78 Å². The van der Waals surface area contributed by atoms with Crippen molar-refractivity contribution < 1.29 is 4.79 Å². The third-order valence-corrected chi connectivity index (χ3v) is 4.88. The van der Waals surface area contributed by atoms with E-state index in [0.717, 1.165) is 24.1 Å². The van der Waals surface area contributed by atoms with Gasteiger partial charge < -0.3 is 10.2 Å². The Morgan fingerprint density at radius 2 is 2.00 bits per heavy atom. The van der Waals surface area contributed by atoms with Crippen LogP contribution in [0.5, 0.6) is 0 Å². The topological polar surface area (TPSA) is 45.2 Å². The number of nitrogens with zero attached hydrogens (tertiary/aromatic N) is 2. The van der Waals surface area contributed by atoms with Crippen LogP contribution in [0.1, 0.15) is 23.8 Å². The smallest absolute Gasteiger partial charge is 0.273 e. The third kappa shape index (κ3) is 2.11. The fourth-order valence-corrected chi connectivity index (χ4v) is 3.66. The number of fused-ring (bicyclic) bond motifs is 2. The highest BCUT2D eigenvalue weighted by Gasteiger charge is 2.46. The van der Waals surface area contributed by atoms with Crippen molar-refractivity contribution in [1.29, 1.82) is 0 Å². The molecule has 4 heteroatoms. The van der Waals surface area contributed by atoms with Crippen LogP contribution in [-0.2, 0) is 0 Å². The van der Waals surface area contributed by atoms with Crippen LogP contribution in [0, 0.1) is 0 Å². The molecule has 112 valence electrons. The van der Waals surface area contributed by atoms with Crippen molar-refractivity contribution in [3.8, 4) is 11.1 Å².